The summed E-state index contributed by atoms with van der Waals surface area (Å²) in [4.78, 5) is 4.94. The van der Waals surface area contributed by atoms with E-state index < -0.39 is 0 Å². The van der Waals surface area contributed by atoms with Gasteiger partial charge in [0.15, 0.2) is 0 Å². The number of hydrogen-bond donors (Lipinski definition) is 1. The Morgan fingerprint density at radius 1 is 1.29 bits per heavy atom. The Labute approximate surface area is 129 Å². The Kier molecular flexibility index (Phi) is 4.27. The van der Waals surface area contributed by atoms with E-state index >= 15 is 0 Å². The van der Waals surface area contributed by atoms with Crippen LogP contribution >= 0.6 is 11.3 Å². The van der Waals surface area contributed by atoms with Gasteiger partial charge in [0.05, 0.1) is 0 Å². The van der Waals surface area contributed by atoms with Crippen molar-refractivity contribution in [1.29, 1.82) is 0 Å². The molecule has 1 aliphatic carbocycles. The maximum absolute atomic E-state index is 13.0. The van der Waals surface area contributed by atoms with Gasteiger partial charge in [-0.3, -0.25) is 0 Å². The average Bonchev–Trinajstić information content (AvgIpc) is 3.23. The molecule has 2 aromatic rings. The summed E-state index contributed by atoms with van der Waals surface area (Å²) in [6.07, 6.45) is 2.65. The van der Waals surface area contributed by atoms with Gasteiger partial charge in [-0.1, -0.05) is 0 Å². The van der Waals surface area contributed by atoms with Crippen LogP contribution < -0.4 is 10.2 Å². The van der Waals surface area contributed by atoms with Gasteiger partial charge in [-0.25, -0.2) is 4.39 Å². The first-order chi connectivity index (χ1) is 10.1. The molecule has 1 N–H and O–H groups in total. The van der Waals surface area contributed by atoms with E-state index in [1.165, 1.54) is 40.3 Å². The number of aryl methyl sites for hydroxylation is 1. The lowest BCUT2D eigenvalue weighted by Crippen LogP contribution is -2.16. The Morgan fingerprint density at radius 2 is 2.00 bits per heavy atom. The highest BCUT2D eigenvalue weighted by Crippen LogP contribution is 2.26. The monoisotopic (exact) mass is 304 g/mol. The van der Waals surface area contributed by atoms with Crippen LogP contribution in [0.15, 0.2) is 30.3 Å². The van der Waals surface area contributed by atoms with Gasteiger partial charge in [-0.2, -0.15) is 0 Å². The number of thiophene rings is 1. The molecule has 0 saturated heterocycles. The SMILES string of the molecule is Cc1sc(CNC2CC2)cc1CN(C)c1ccc(F)cc1. The van der Waals surface area contributed by atoms with Gasteiger partial charge in [0.2, 0.25) is 0 Å². The van der Waals surface area contributed by atoms with Crippen molar-refractivity contribution in [1.82, 2.24) is 5.32 Å². The maximum atomic E-state index is 13.0. The van der Waals surface area contributed by atoms with E-state index in [0.717, 1.165) is 24.8 Å². The molecule has 3 rings (SSSR count). The van der Waals surface area contributed by atoms with Crippen molar-refractivity contribution >= 4 is 17.0 Å². The quantitative estimate of drug-likeness (QED) is 0.865. The Hall–Kier alpha value is -1.39. The summed E-state index contributed by atoms with van der Waals surface area (Å²) in [5, 5.41) is 3.56. The van der Waals surface area contributed by atoms with E-state index in [9.17, 15) is 4.39 Å². The molecule has 0 amide bonds. The maximum Gasteiger partial charge on any atom is 0.123 e. The Morgan fingerprint density at radius 3 is 2.67 bits per heavy atom. The summed E-state index contributed by atoms with van der Waals surface area (Å²) < 4.78 is 13.0. The predicted octanol–water partition coefficient (Wildman–Crippen LogP) is 4.08. The zero-order chi connectivity index (χ0) is 14.8. The van der Waals surface area contributed by atoms with Gasteiger partial charge in [-0.15, -0.1) is 11.3 Å². The smallest absolute Gasteiger partial charge is 0.123 e. The minimum atomic E-state index is -0.188. The fourth-order valence-corrected chi connectivity index (χ4v) is 3.41. The predicted molar refractivity (Wildman–Crippen MR) is 87.4 cm³/mol. The summed E-state index contributed by atoms with van der Waals surface area (Å²) in [6.45, 7) is 4.02. The number of rotatable bonds is 6. The third-order valence-corrected chi connectivity index (χ3v) is 4.98. The molecule has 2 nitrogen and oxygen atoms in total. The molecular formula is C17H21FN2S. The summed E-state index contributed by atoms with van der Waals surface area (Å²) in [6, 6.07) is 9.72. The van der Waals surface area contributed by atoms with Crippen LogP contribution in [0.5, 0.6) is 0 Å². The van der Waals surface area contributed by atoms with Crippen LogP contribution in [-0.4, -0.2) is 13.1 Å². The summed E-state index contributed by atoms with van der Waals surface area (Å²) >= 11 is 1.87. The number of anilines is 1. The van der Waals surface area contributed by atoms with Crippen LogP contribution in [-0.2, 0) is 13.1 Å². The molecule has 1 aromatic carbocycles. The first-order valence-corrected chi connectivity index (χ1v) is 8.22. The standard InChI is InChI=1S/C17H21FN2S/c1-12-13(9-17(21-12)10-19-15-5-6-15)11-20(2)16-7-3-14(18)4-8-16/h3-4,7-9,15,19H,5-6,10-11H2,1-2H3. The van der Waals surface area contributed by atoms with Crippen molar-refractivity contribution in [3.05, 3.63) is 51.5 Å². The molecular weight excluding hydrogens is 283 g/mol. The highest BCUT2D eigenvalue weighted by molar-refractivity contribution is 7.12. The van der Waals surface area contributed by atoms with Gasteiger partial charge in [0.1, 0.15) is 5.82 Å². The third-order valence-electron chi connectivity index (χ3n) is 3.89. The average molecular weight is 304 g/mol. The lowest BCUT2D eigenvalue weighted by atomic mass is 10.2. The van der Waals surface area contributed by atoms with Crippen molar-refractivity contribution < 1.29 is 4.39 Å². The van der Waals surface area contributed by atoms with Gasteiger partial charge in [-0.05, 0) is 55.7 Å². The van der Waals surface area contributed by atoms with E-state index in [1.807, 2.05) is 30.5 Å². The summed E-state index contributed by atoms with van der Waals surface area (Å²) in [5.74, 6) is -0.188. The molecule has 112 valence electrons. The number of nitrogens with zero attached hydrogens (tertiary/aromatic N) is 1. The van der Waals surface area contributed by atoms with Gasteiger partial charge in [0, 0.05) is 41.6 Å². The second kappa shape index (κ2) is 6.16. The molecule has 0 bridgehead atoms. The number of benzene rings is 1. The van der Waals surface area contributed by atoms with Gasteiger partial charge in [0.25, 0.3) is 0 Å². The third kappa shape index (κ3) is 3.83. The molecule has 1 fully saturated rings. The lowest BCUT2D eigenvalue weighted by Gasteiger charge is -2.19. The van der Waals surface area contributed by atoms with Crippen molar-refractivity contribution in [2.75, 3.05) is 11.9 Å². The van der Waals surface area contributed by atoms with E-state index in [1.54, 1.807) is 0 Å². The van der Waals surface area contributed by atoms with E-state index in [0.29, 0.717) is 0 Å². The highest BCUT2D eigenvalue weighted by Gasteiger charge is 2.20. The lowest BCUT2D eigenvalue weighted by molar-refractivity contribution is 0.627. The molecule has 1 aliphatic rings. The largest absolute Gasteiger partial charge is 0.370 e. The minimum Gasteiger partial charge on any atom is -0.370 e. The molecule has 0 spiro atoms. The first kappa shape index (κ1) is 14.5. The molecule has 21 heavy (non-hydrogen) atoms. The van der Waals surface area contributed by atoms with Crippen LogP contribution in [0, 0.1) is 12.7 Å². The molecule has 0 radical (unpaired) electrons. The van der Waals surface area contributed by atoms with Crippen LogP contribution in [0.25, 0.3) is 0 Å². The van der Waals surface area contributed by atoms with Crippen LogP contribution in [0.1, 0.15) is 28.2 Å². The van der Waals surface area contributed by atoms with E-state index in [2.05, 4.69) is 23.2 Å². The van der Waals surface area contributed by atoms with Crippen LogP contribution in [0.4, 0.5) is 10.1 Å². The molecule has 0 atom stereocenters. The number of hydrogen-bond acceptors (Lipinski definition) is 3. The second-order valence-electron chi connectivity index (χ2n) is 5.78. The molecule has 1 heterocycles. The van der Waals surface area contributed by atoms with Crippen LogP contribution in [0.2, 0.25) is 0 Å². The van der Waals surface area contributed by atoms with Crippen molar-refractivity contribution in [2.24, 2.45) is 0 Å². The zero-order valence-electron chi connectivity index (χ0n) is 12.5. The second-order valence-corrected chi connectivity index (χ2v) is 7.12. The Bertz CT molecular complexity index is 602. The fourth-order valence-electron chi connectivity index (χ4n) is 2.41. The number of halogens is 1. The van der Waals surface area contributed by atoms with Crippen molar-refractivity contribution in [2.45, 2.75) is 38.9 Å². The molecule has 4 heteroatoms. The summed E-state index contributed by atoms with van der Waals surface area (Å²) in [7, 11) is 2.05. The van der Waals surface area contributed by atoms with E-state index in [4.69, 9.17) is 0 Å². The van der Waals surface area contributed by atoms with Gasteiger partial charge < -0.3 is 10.2 Å². The molecule has 1 aromatic heterocycles. The molecule has 0 unspecified atom stereocenters. The molecule has 0 aliphatic heterocycles. The zero-order valence-corrected chi connectivity index (χ0v) is 13.3. The van der Waals surface area contributed by atoms with Crippen molar-refractivity contribution in [3.63, 3.8) is 0 Å². The normalized spacial score (nSPS) is 14.4. The van der Waals surface area contributed by atoms with Crippen LogP contribution in [0.3, 0.4) is 0 Å². The number of nitrogens with one attached hydrogen (secondary N) is 1. The topological polar surface area (TPSA) is 15.3 Å². The summed E-state index contributed by atoms with van der Waals surface area (Å²) in [5.41, 5.74) is 2.40. The van der Waals surface area contributed by atoms with Crippen molar-refractivity contribution in [3.8, 4) is 0 Å². The fraction of sp³-hybridized carbons (Fsp3) is 0.412. The van der Waals surface area contributed by atoms with E-state index in [-0.39, 0.29) is 5.82 Å². The first-order valence-electron chi connectivity index (χ1n) is 7.40. The Balaban J connectivity index is 1.64. The minimum absolute atomic E-state index is 0.188. The highest BCUT2D eigenvalue weighted by atomic mass is 32.1. The molecule has 1 saturated carbocycles. The van der Waals surface area contributed by atoms with Gasteiger partial charge >= 0.3 is 0 Å².